The summed E-state index contributed by atoms with van der Waals surface area (Å²) in [4.78, 5) is 33.0. The van der Waals surface area contributed by atoms with Crippen molar-refractivity contribution in [1.82, 2.24) is 5.48 Å². The number of nitrogens with one attached hydrogen (secondary N) is 1. The Labute approximate surface area is 172 Å². The predicted octanol–water partition coefficient (Wildman–Crippen LogP) is 3.04. The highest BCUT2D eigenvalue weighted by atomic mass is 16.7. The molecule has 150 valence electrons. The van der Waals surface area contributed by atoms with Gasteiger partial charge in [-0.1, -0.05) is 30.3 Å². The third-order valence-electron chi connectivity index (χ3n) is 5.36. The summed E-state index contributed by atoms with van der Waals surface area (Å²) in [6.07, 6.45) is -1.01. The van der Waals surface area contributed by atoms with E-state index >= 15 is 0 Å². The summed E-state index contributed by atoms with van der Waals surface area (Å²) >= 11 is 0. The van der Waals surface area contributed by atoms with E-state index in [1.165, 1.54) is 12.0 Å². The van der Waals surface area contributed by atoms with E-state index < -0.39 is 17.9 Å². The van der Waals surface area contributed by atoms with Crippen LogP contribution in [0.15, 0.2) is 66.2 Å². The van der Waals surface area contributed by atoms with Crippen LogP contribution in [0.3, 0.4) is 0 Å². The minimum atomic E-state index is -1.01. The smallest absolute Gasteiger partial charge is 0.270 e. The van der Waals surface area contributed by atoms with Gasteiger partial charge < -0.3 is 9.47 Å². The number of hydrogen-bond donors (Lipinski definition) is 1. The van der Waals surface area contributed by atoms with E-state index in [0.29, 0.717) is 28.4 Å². The van der Waals surface area contributed by atoms with Gasteiger partial charge in [0.05, 0.1) is 31.2 Å². The van der Waals surface area contributed by atoms with Gasteiger partial charge in [0.25, 0.3) is 11.8 Å². The van der Waals surface area contributed by atoms with Crippen molar-refractivity contribution in [1.29, 1.82) is 0 Å². The lowest BCUT2D eigenvalue weighted by atomic mass is 10.0. The number of amides is 2. The fraction of sp³-hybridized carbons (Fsp3) is 0.130. The molecular weight excluding hydrogens is 384 g/mol. The van der Waals surface area contributed by atoms with Crippen LogP contribution in [-0.4, -0.2) is 32.1 Å². The molecule has 0 aliphatic carbocycles. The SMILES string of the molecule is COc1ccc(C2=C3C(=O)N(c4ccc5ccccc5c4)C(=O)[C@H]3ON2)c(OC)c1. The third kappa shape index (κ3) is 2.63. The molecule has 2 aliphatic heterocycles. The number of carbonyl (C=O) groups is 2. The van der Waals surface area contributed by atoms with Gasteiger partial charge in [-0.05, 0) is 35.0 Å². The van der Waals surface area contributed by atoms with Crippen molar-refractivity contribution >= 4 is 34.0 Å². The normalized spacial score (nSPS) is 18.1. The standard InChI is InChI=1S/C23H18N2O5/c1-28-16-9-10-17(18(12-16)29-2)20-19-21(30-24-20)23(27)25(22(19)26)15-8-7-13-5-3-4-6-14(13)11-15/h3-12,21,24H,1-2H3/t21-/m0/s1. The second-order valence-corrected chi connectivity index (χ2v) is 6.97. The summed E-state index contributed by atoms with van der Waals surface area (Å²) in [5.41, 5.74) is 4.54. The van der Waals surface area contributed by atoms with E-state index in [4.69, 9.17) is 14.3 Å². The maximum Gasteiger partial charge on any atom is 0.270 e. The van der Waals surface area contributed by atoms with E-state index in [2.05, 4.69) is 5.48 Å². The second-order valence-electron chi connectivity index (χ2n) is 6.97. The number of anilines is 1. The molecule has 1 N–H and O–H groups in total. The molecule has 0 saturated carbocycles. The highest BCUT2D eigenvalue weighted by Gasteiger charge is 2.51. The van der Waals surface area contributed by atoms with Gasteiger partial charge in [-0.2, -0.15) is 0 Å². The molecular formula is C23H18N2O5. The molecule has 0 spiro atoms. The summed E-state index contributed by atoms with van der Waals surface area (Å²) in [5.74, 6) is 0.264. The van der Waals surface area contributed by atoms with E-state index in [-0.39, 0.29) is 5.57 Å². The lowest BCUT2D eigenvalue weighted by Gasteiger charge is -2.17. The van der Waals surface area contributed by atoms with E-state index in [9.17, 15) is 9.59 Å². The highest BCUT2D eigenvalue weighted by Crippen LogP contribution is 2.39. The van der Waals surface area contributed by atoms with Crippen LogP contribution in [0, 0.1) is 0 Å². The topological polar surface area (TPSA) is 77.1 Å². The molecule has 5 rings (SSSR count). The minimum absolute atomic E-state index is 0.261. The van der Waals surface area contributed by atoms with E-state index in [1.54, 1.807) is 31.4 Å². The van der Waals surface area contributed by atoms with Gasteiger partial charge in [0.1, 0.15) is 11.5 Å². The van der Waals surface area contributed by atoms with Crippen LogP contribution >= 0.6 is 0 Å². The molecule has 3 aromatic carbocycles. The maximum atomic E-state index is 13.3. The molecule has 2 heterocycles. The molecule has 0 aromatic heterocycles. The zero-order valence-corrected chi connectivity index (χ0v) is 16.3. The first-order valence-electron chi connectivity index (χ1n) is 9.37. The maximum absolute atomic E-state index is 13.3. The van der Waals surface area contributed by atoms with Crippen molar-refractivity contribution in [2.45, 2.75) is 6.10 Å². The molecule has 0 radical (unpaired) electrons. The lowest BCUT2D eigenvalue weighted by molar-refractivity contribution is -0.127. The van der Waals surface area contributed by atoms with Gasteiger partial charge in [0.2, 0.25) is 0 Å². The summed E-state index contributed by atoms with van der Waals surface area (Å²) in [6, 6.07) is 18.5. The Morgan fingerprint density at radius 3 is 2.50 bits per heavy atom. The van der Waals surface area contributed by atoms with Crippen LogP contribution in [0.2, 0.25) is 0 Å². The fourth-order valence-corrected chi connectivity index (χ4v) is 3.86. The number of imide groups is 1. The minimum Gasteiger partial charge on any atom is -0.497 e. The third-order valence-corrected chi connectivity index (χ3v) is 5.36. The molecule has 1 saturated heterocycles. The van der Waals surface area contributed by atoms with Gasteiger partial charge in [0.15, 0.2) is 6.10 Å². The molecule has 2 aliphatic rings. The second kappa shape index (κ2) is 6.89. The van der Waals surface area contributed by atoms with Crippen LogP contribution in [0.1, 0.15) is 5.56 Å². The van der Waals surface area contributed by atoms with Gasteiger partial charge in [-0.15, -0.1) is 0 Å². The first-order chi connectivity index (χ1) is 14.6. The molecule has 1 fully saturated rings. The number of carbonyl (C=O) groups excluding carboxylic acids is 2. The van der Waals surface area contributed by atoms with Crippen molar-refractivity contribution in [3.8, 4) is 11.5 Å². The predicted molar refractivity (Wildman–Crippen MR) is 111 cm³/mol. The molecule has 7 heteroatoms. The average molecular weight is 402 g/mol. The molecule has 3 aromatic rings. The molecule has 1 atom stereocenters. The quantitative estimate of drug-likeness (QED) is 0.676. The average Bonchev–Trinajstić information content (AvgIpc) is 3.32. The first-order valence-corrected chi connectivity index (χ1v) is 9.37. The number of benzene rings is 3. The summed E-state index contributed by atoms with van der Waals surface area (Å²) in [5, 5.41) is 1.97. The van der Waals surface area contributed by atoms with Crippen LogP contribution < -0.4 is 19.9 Å². The Bertz CT molecular complexity index is 1230. The molecule has 0 unspecified atom stereocenters. The Balaban J connectivity index is 1.60. The summed E-state index contributed by atoms with van der Waals surface area (Å²) in [6.45, 7) is 0. The highest BCUT2D eigenvalue weighted by molar-refractivity contribution is 6.33. The first kappa shape index (κ1) is 18.2. The van der Waals surface area contributed by atoms with Crippen molar-refractivity contribution in [2.24, 2.45) is 0 Å². The molecule has 30 heavy (non-hydrogen) atoms. The summed E-state index contributed by atoms with van der Waals surface area (Å²) in [7, 11) is 3.09. The van der Waals surface area contributed by atoms with Crippen molar-refractivity contribution < 1.29 is 23.9 Å². The Hall–Kier alpha value is -3.84. The Morgan fingerprint density at radius 2 is 1.73 bits per heavy atom. The van der Waals surface area contributed by atoms with Crippen LogP contribution in [0.25, 0.3) is 16.5 Å². The number of methoxy groups -OCH3 is 2. The Morgan fingerprint density at radius 1 is 0.933 bits per heavy atom. The van der Waals surface area contributed by atoms with Gasteiger partial charge in [0, 0.05) is 11.6 Å². The Kier molecular flexibility index (Phi) is 4.18. The van der Waals surface area contributed by atoms with Gasteiger partial charge in [-0.25, -0.2) is 4.90 Å². The monoisotopic (exact) mass is 402 g/mol. The van der Waals surface area contributed by atoms with Gasteiger partial charge in [-0.3, -0.25) is 19.9 Å². The zero-order chi connectivity index (χ0) is 20.8. The number of fused-ring (bicyclic) bond motifs is 2. The molecule has 0 bridgehead atoms. The number of nitrogens with zero attached hydrogens (tertiary/aromatic N) is 1. The zero-order valence-electron chi connectivity index (χ0n) is 16.3. The van der Waals surface area contributed by atoms with Crippen molar-refractivity contribution in [3.05, 3.63) is 71.8 Å². The number of hydrogen-bond acceptors (Lipinski definition) is 6. The van der Waals surface area contributed by atoms with Crippen LogP contribution in [0.4, 0.5) is 5.69 Å². The van der Waals surface area contributed by atoms with Crippen molar-refractivity contribution in [3.63, 3.8) is 0 Å². The number of ether oxygens (including phenoxy) is 2. The summed E-state index contributed by atoms with van der Waals surface area (Å²) < 4.78 is 10.7. The largest absolute Gasteiger partial charge is 0.497 e. The van der Waals surface area contributed by atoms with E-state index in [1.807, 2.05) is 36.4 Å². The van der Waals surface area contributed by atoms with Crippen LogP contribution in [-0.2, 0) is 14.4 Å². The molecule has 7 nitrogen and oxygen atoms in total. The van der Waals surface area contributed by atoms with E-state index in [0.717, 1.165) is 10.8 Å². The number of rotatable bonds is 4. The fourth-order valence-electron chi connectivity index (χ4n) is 3.86. The van der Waals surface area contributed by atoms with Crippen molar-refractivity contribution in [2.75, 3.05) is 19.1 Å². The molecule has 2 amide bonds. The number of hydroxylamine groups is 1. The lowest BCUT2D eigenvalue weighted by Crippen LogP contribution is -2.34. The van der Waals surface area contributed by atoms with Crippen LogP contribution in [0.5, 0.6) is 11.5 Å². The van der Waals surface area contributed by atoms with Gasteiger partial charge >= 0.3 is 0 Å².